The van der Waals surface area contributed by atoms with E-state index >= 15 is 0 Å². The molecule has 0 aliphatic carbocycles. The molecule has 0 aromatic carbocycles. The van der Waals surface area contributed by atoms with Gasteiger partial charge in [0.25, 0.3) is 0 Å². The van der Waals surface area contributed by atoms with Crippen molar-refractivity contribution < 1.29 is 17.6 Å². The van der Waals surface area contributed by atoms with Gasteiger partial charge in [0.1, 0.15) is 51.4 Å². The van der Waals surface area contributed by atoms with Gasteiger partial charge in [0.05, 0.1) is 24.5 Å². The first kappa shape index (κ1) is 65.4. The number of hydrogen-bond donors (Lipinski definition) is 0. The molecule has 0 saturated heterocycles. The van der Waals surface area contributed by atoms with E-state index in [1.807, 2.05) is 88.9 Å². The zero-order chi connectivity index (χ0) is 54.9. The van der Waals surface area contributed by atoms with Gasteiger partial charge in [-0.3, -0.25) is 28.7 Å². The Kier molecular flexibility index (Phi) is 32.5. The van der Waals surface area contributed by atoms with Gasteiger partial charge in [-0.05, 0) is 104 Å². The van der Waals surface area contributed by atoms with E-state index in [1.165, 1.54) is 17.1 Å². The quantitative estimate of drug-likeness (QED) is 0.103. The van der Waals surface area contributed by atoms with Gasteiger partial charge in [-0.15, -0.1) is 30.6 Å². The molecule has 0 bridgehead atoms. The van der Waals surface area contributed by atoms with E-state index in [-0.39, 0.29) is 0 Å². The maximum atomic E-state index is 11.9. The summed E-state index contributed by atoms with van der Waals surface area (Å²) in [5, 5.41) is 22.6. The normalized spacial score (nSPS) is 9.64. The monoisotopic (exact) mass is 1410 g/mol. The second-order valence-corrected chi connectivity index (χ2v) is 17.9. The van der Waals surface area contributed by atoms with Crippen LogP contribution in [0.3, 0.4) is 0 Å². The van der Waals surface area contributed by atoms with Crippen molar-refractivity contribution in [2.45, 2.75) is 20.0 Å². The fraction of sp³-hybridized carbons (Fsp3) is 0.275. The molecular weight excluding hydrogens is 1360 g/mol. The van der Waals surface area contributed by atoms with Crippen LogP contribution in [0, 0.1) is 27.5 Å². The van der Waals surface area contributed by atoms with Crippen molar-refractivity contribution in [3.05, 3.63) is 169 Å². The number of rotatable bonds is 0. The number of imidazole rings is 3. The van der Waals surface area contributed by atoms with Crippen LogP contribution in [0.1, 0.15) is 17.0 Å². The number of aromatic nitrogens is 23. The largest absolute Gasteiger partial charge is 0.417 e. The van der Waals surface area contributed by atoms with Crippen LogP contribution in [0.2, 0.25) is 10.4 Å². The third-order valence-electron chi connectivity index (χ3n) is 6.89. The molecule has 394 valence electrons. The Morgan fingerprint density at radius 1 is 0.521 bits per heavy atom. The fourth-order valence-electron chi connectivity index (χ4n) is 3.73. The first-order valence-electron chi connectivity index (χ1n) is 19.9. The molecule has 0 radical (unpaired) electrons. The van der Waals surface area contributed by atoms with Crippen molar-refractivity contribution in [3.8, 4) is 0 Å². The average molecular weight is 1410 g/mol. The van der Waals surface area contributed by atoms with E-state index in [1.54, 1.807) is 107 Å². The van der Waals surface area contributed by atoms with Crippen molar-refractivity contribution in [2.24, 2.45) is 56.4 Å². The van der Waals surface area contributed by atoms with Crippen molar-refractivity contribution in [1.29, 1.82) is 0 Å². The van der Waals surface area contributed by atoms with Gasteiger partial charge >= 0.3 is 12.3 Å². The van der Waals surface area contributed by atoms with Gasteiger partial charge in [0, 0.05) is 121 Å². The lowest BCUT2D eigenvalue weighted by Crippen LogP contribution is -2.05. The molecule has 0 unspecified atom stereocenters. The van der Waals surface area contributed by atoms with E-state index in [9.17, 15) is 17.6 Å². The van der Waals surface area contributed by atoms with Gasteiger partial charge in [-0.25, -0.2) is 29.9 Å². The zero-order valence-corrected chi connectivity index (χ0v) is 49.5. The molecule has 33 heteroatoms. The Hall–Kier alpha value is -5.65. The molecule has 23 nitrogen and oxygen atoms in total. The van der Waals surface area contributed by atoms with Gasteiger partial charge in [-0.2, -0.15) is 22.5 Å². The minimum Gasteiger partial charge on any atom is -0.339 e. The van der Waals surface area contributed by atoms with Crippen LogP contribution in [0.25, 0.3) is 0 Å². The minimum absolute atomic E-state index is 0.294. The number of hydrogen-bond acceptors (Lipinski definition) is 15. The molecule has 0 fully saturated rings. The summed E-state index contributed by atoms with van der Waals surface area (Å²) < 4.78 is 64.2. The molecule has 10 aromatic heterocycles. The predicted octanol–water partition coefficient (Wildman–Crippen LogP) is 8.31. The first-order chi connectivity index (χ1) is 34.3. The summed E-state index contributed by atoms with van der Waals surface area (Å²) in [5.74, 6) is 0. The molecule has 10 heterocycles. The van der Waals surface area contributed by atoms with Gasteiger partial charge in [0.2, 0.25) is 13.8 Å². The molecule has 0 spiro atoms. The highest BCUT2D eigenvalue weighted by Crippen LogP contribution is 2.28. The van der Waals surface area contributed by atoms with Crippen LogP contribution in [0.4, 0.5) is 17.6 Å². The number of alkyl halides is 3. The number of pyridine rings is 2. The summed E-state index contributed by atoms with van der Waals surface area (Å²) in [5.41, 5.74) is 0.948. The molecule has 73 heavy (non-hydrogen) atoms. The highest BCUT2D eigenvalue weighted by Gasteiger charge is 2.30. The second kappa shape index (κ2) is 36.3. The van der Waals surface area contributed by atoms with Crippen LogP contribution >= 0.6 is 100 Å². The molecule has 0 amide bonds. The van der Waals surface area contributed by atoms with Crippen molar-refractivity contribution in [3.63, 3.8) is 0 Å². The van der Waals surface area contributed by atoms with E-state index in [2.05, 4.69) is 152 Å². The Labute approximate surface area is 471 Å². The summed E-state index contributed by atoms with van der Waals surface area (Å²) in [6.45, 7) is 3.61. The Balaban J connectivity index is 0.000000407. The number of aryl methyl sites for hydroxylation is 10. The molecule has 0 aliphatic rings. The lowest BCUT2D eigenvalue weighted by Gasteiger charge is -2.04. The van der Waals surface area contributed by atoms with E-state index in [0.717, 1.165) is 30.1 Å². The Bertz CT molecular complexity index is 2430. The Morgan fingerprint density at radius 2 is 1.07 bits per heavy atom. The molecule has 10 rings (SSSR count). The topological polar surface area (TPSA) is 233 Å². The summed E-state index contributed by atoms with van der Waals surface area (Å²) >= 11 is 21.3. The van der Waals surface area contributed by atoms with Crippen LogP contribution in [-0.2, 0) is 62.6 Å². The van der Waals surface area contributed by atoms with Crippen molar-refractivity contribution in [1.82, 2.24) is 112 Å². The second-order valence-electron chi connectivity index (χ2n) is 13.6. The zero-order valence-electron chi connectivity index (χ0n) is 40.5. The molecule has 0 N–H and O–H groups in total. The summed E-state index contributed by atoms with van der Waals surface area (Å²) in [6, 6.07) is 8.21. The van der Waals surface area contributed by atoms with E-state index in [0.29, 0.717) is 20.9 Å². The molecule has 0 aliphatic heterocycles. The summed E-state index contributed by atoms with van der Waals surface area (Å²) in [6.07, 6.45) is 17.8. The maximum Gasteiger partial charge on any atom is 0.417 e. The third kappa shape index (κ3) is 35.2. The molecular formula is C40H49Br2Cl2F4I2N23. The fourth-order valence-corrected chi connectivity index (χ4v) is 5.88. The highest BCUT2D eigenvalue weighted by molar-refractivity contribution is 14.1. The van der Waals surface area contributed by atoms with Crippen molar-refractivity contribution in [2.75, 3.05) is 0 Å². The van der Waals surface area contributed by atoms with E-state index in [4.69, 9.17) is 23.2 Å². The average Bonchev–Trinajstić information content (AvgIpc) is 4.22. The van der Waals surface area contributed by atoms with Gasteiger partial charge in [-0.1, -0.05) is 17.7 Å². The lowest BCUT2D eigenvalue weighted by molar-refractivity contribution is -0.137. The van der Waals surface area contributed by atoms with Crippen LogP contribution in [-0.4, -0.2) is 112 Å². The van der Waals surface area contributed by atoms with Crippen molar-refractivity contribution >= 4 is 100 Å². The number of nitrogens with zero attached hydrogens (tertiary/aromatic N) is 23. The van der Waals surface area contributed by atoms with Crippen LogP contribution in [0.5, 0.6) is 0 Å². The maximum absolute atomic E-state index is 11.9. The predicted molar refractivity (Wildman–Crippen MR) is 288 cm³/mol. The Morgan fingerprint density at radius 3 is 1.26 bits per heavy atom. The number of halogens is 10. The van der Waals surface area contributed by atoms with Gasteiger partial charge < -0.3 is 18.3 Å². The van der Waals surface area contributed by atoms with Crippen LogP contribution < -0.4 is 0 Å². The van der Waals surface area contributed by atoms with Crippen LogP contribution in [0.15, 0.2) is 128 Å². The first-order valence-corrected chi connectivity index (χ1v) is 24.4. The molecule has 0 saturated carbocycles. The summed E-state index contributed by atoms with van der Waals surface area (Å²) in [7, 11) is 14.7. The smallest absolute Gasteiger partial charge is 0.339 e. The SMILES string of the molecule is Cc1ccc(C(F)(F)F)cn1.Cc1ccccn1.Cn1cnc(Br)c1.Cn1cnc(Br)n1.Cn1cnc(Cl)c1.Cn1cnc(Cl)n1.Cn1cnc(F)n1.Cn1cnc(I)c1.Cn1cnc(I)n1.Cn1cnnc1. The highest BCUT2D eigenvalue weighted by atomic mass is 127. The minimum atomic E-state index is -4.28. The third-order valence-corrected chi connectivity index (χ3v) is 9.08. The van der Waals surface area contributed by atoms with Gasteiger partial charge in [0.15, 0.2) is 0 Å². The lowest BCUT2D eigenvalue weighted by atomic mass is 10.2. The van der Waals surface area contributed by atoms with E-state index < -0.39 is 17.8 Å². The standard InChI is InChI=1S/C7H6F3N.C6H7N.C4H5BrN2.C4H5ClN2.C4H5IN2.C3H4BrN3.C3H4ClN3.C3H4FN3.C3H4IN3.C3H5N3/c1-5-2-3-6(4-11-5)7(8,9)10;1-6-4-2-3-5-7-6;3*1-7-2-4(5)6-3-7;4*1-7-2-5-3(4)6-7;1-6-2-4-5-3-6/h2-4H,1H3;2-5H,1H3;3*2-3H,1H3;4*2H,1H3;2-3H,1H3. The molecule has 0 atom stereocenters. The molecule has 10 aromatic rings. The summed E-state index contributed by atoms with van der Waals surface area (Å²) in [4.78, 5) is 33.6.